The first-order chi connectivity index (χ1) is 22.5. The monoisotopic (exact) mass is 684 g/mol. The van der Waals surface area contributed by atoms with E-state index < -0.39 is 23.6 Å². The third-order valence-electron chi connectivity index (χ3n) is 5.52. The standard InChI is InChI=1S/C30H56N2O15/c1-30(2,3)47-29(38)31-7-4-26(33)32(8-12-41-16-20-45-24-22-43-18-14-39-10-5-27(34)35)9-13-42-17-21-46-25-23-44-19-15-40-11-6-28(36)37/h4-25H2,1-3H3,(H,31,38)(H,34,35)(H,36,37). The molecular weight excluding hydrogens is 628 g/mol. The third kappa shape index (κ3) is 34.5. The van der Waals surface area contributed by atoms with Gasteiger partial charge < -0.3 is 63.1 Å². The van der Waals surface area contributed by atoms with Crippen molar-refractivity contribution >= 4 is 23.9 Å². The van der Waals surface area contributed by atoms with Crippen molar-refractivity contribution in [3.8, 4) is 0 Å². The van der Waals surface area contributed by atoms with Crippen molar-refractivity contribution in [2.75, 3.05) is 125 Å². The maximum Gasteiger partial charge on any atom is 0.407 e. The van der Waals surface area contributed by atoms with E-state index in [1.165, 1.54) is 0 Å². The first-order valence-electron chi connectivity index (χ1n) is 15.8. The number of hydrogen-bond acceptors (Lipinski definition) is 13. The van der Waals surface area contributed by atoms with E-state index in [1.807, 2.05) is 0 Å². The fourth-order valence-corrected chi connectivity index (χ4v) is 3.30. The first-order valence-corrected chi connectivity index (χ1v) is 15.8. The predicted molar refractivity (Wildman–Crippen MR) is 166 cm³/mol. The summed E-state index contributed by atoms with van der Waals surface area (Å²) in [7, 11) is 0. The molecule has 47 heavy (non-hydrogen) atoms. The zero-order valence-electron chi connectivity index (χ0n) is 28.2. The van der Waals surface area contributed by atoms with Crippen LogP contribution in [0.3, 0.4) is 0 Å². The average Bonchev–Trinajstić information content (AvgIpc) is 2.99. The molecule has 0 aromatic heterocycles. The van der Waals surface area contributed by atoms with Gasteiger partial charge in [0.25, 0.3) is 0 Å². The van der Waals surface area contributed by atoms with Crippen LogP contribution in [0.4, 0.5) is 4.79 Å². The lowest BCUT2D eigenvalue weighted by Gasteiger charge is -2.23. The van der Waals surface area contributed by atoms with Crippen molar-refractivity contribution in [1.29, 1.82) is 0 Å². The molecule has 0 atom stereocenters. The molecule has 0 fully saturated rings. The SMILES string of the molecule is CC(C)(C)OC(=O)NCCC(=O)N(CCOCCOCCOCCOCCC(=O)O)CCOCCOCCOCCOCCC(=O)O. The molecule has 0 aliphatic heterocycles. The van der Waals surface area contributed by atoms with Gasteiger partial charge in [0.1, 0.15) is 5.60 Å². The molecule has 0 aliphatic carbocycles. The molecule has 3 N–H and O–H groups in total. The van der Waals surface area contributed by atoms with E-state index in [9.17, 15) is 19.2 Å². The van der Waals surface area contributed by atoms with Crippen LogP contribution in [-0.2, 0) is 57.0 Å². The zero-order valence-corrected chi connectivity index (χ0v) is 28.2. The lowest BCUT2D eigenvalue weighted by Crippen LogP contribution is -2.39. The van der Waals surface area contributed by atoms with Gasteiger partial charge in [0, 0.05) is 26.1 Å². The van der Waals surface area contributed by atoms with E-state index in [0.717, 1.165) is 0 Å². The summed E-state index contributed by atoms with van der Waals surface area (Å²) >= 11 is 0. The van der Waals surface area contributed by atoms with Gasteiger partial charge in [-0.1, -0.05) is 0 Å². The second kappa shape index (κ2) is 30.7. The van der Waals surface area contributed by atoms with Crippen LogP contribution in [0.5, 0.6) is 0 Å². The number of alkyl carbamates (subject to hydrolysis) is 1. The van der Waals surface area contributed by atoms with Crippen molar-refractivity contribution < 1.29 is 72.0 Å². The number of aliphatic carboxylic acids is 2. The number of amides is 2. The summed E-state index contributed by atoms with van der Waals surface area (Å²) in [5.41, 5.74) is -0.638. The van der Waals surface area contributed by atoms with Crippen molar-refractivity contribution in [3.05, 3.63) is 0 Å². The highest BCUT2D eigenvalue weighted by atomic mass is 16.6. The van der Waals surface area contributed by atoms with Gasteiger partial charge >= 0.3 is 18.0 Å². The summed E-state index contributed by atoms with van der Waals surface area (Å²) < 4.78 is 48.3. The predicted octanol–water partition coefficient (Wildman–Crippen LogP) is 0.812. The maximum atomic E-state index is 12.8. The highest BCUT2D eigenvalue weighted by Crippen LogP contribution is 2.06. The molecule has 0 aliphatic rings. The Morgan fingerprint density at radius 2 is 0.830 bits per heavy atom. The number of carbonyl (C=O) groups is 4. The Labute approximate surface area is 277 Å². The summed E-state index contributed by atoms with van der Waals surface area (Å²) in [6.07, 6.45) is -0.588. The Bertz CT molecular complexity index is 769. The fourth-order valence-electron chi connectivity index (χ4n) is 3.30. The number of nitrogens with one attached hydrogen (secondary N) is 1. The van der Waals surface area contributed by atoms with Gasteiger partial charge in [0.15, 0.2) is 0 Å². The molecule has 17 nitrogen and oxygen atoms in total. The highest BCUT2D eigenvalue weighted by molar-refractivity contribution is 5.77. The molecule has 0 radical (unpaired) electrons. The van der Waals surface area contributed by atoms with Gasteiger partial charge in [-0.15, -0.1) is 0 Å². The molecule has 0 heterocycles. The number of carbonyl (C=O) groups excluding carboxylic acids is 2. The molecule has 0 bridgehead atoms. The molecule has 0 aromatic rings. The Morgan fingerprint density at radius 1 is 0.511 bits per heavy atom. The number of carboxylic acid groups (broad SMARTS) is 2. The van der Waals surface area contributed by atoms with Crippen molar-refractivity contribution in [1.82, 2.24) is 10.2 Å². The number of hydrogen-bond donors (Lipinski definition) is 3. The Kier molecular flexibility index (Phi) is 29.0. The molecule has 0 aromatic carbocycles. The van der Waals surface area contributed by atoms with Crippen LogP contribution in [0, 0.1) is 0 Å². The van der Waals surface area contributed by atoms with Crippen LogP contribution >= 0.6 is 0 Å². The molecule has 0 saturated carbocycles. The number of nitrogens with zero attached hydrogens (tertiary/aromatic N) is 1. The molecular formula is C30H56N2O15. The molecule has 0 unspecified atom stereocenters. The molecule has 17 heteroatoms. The molecule has 0 rings (SSSR count). The van der Waals surface area contributed by atoms with Crippen LogP contribution in [0.15, 0.2) is 0 Å². The van der Waals surface area contributed by atoms with E-state index in [-0.39, 0.29) is 58.1 Å². The second-order valence-electron chi connectivity index (χ2n) is 10.7. The van der Waals surface area contributed by atoms with Crippen molar-refractivity contribution in [2.24, 2.45) is 0 Å². The maximum absolute atomic E-state index is 12.8. The smallest absolute Gasteiger partial charge is 0.407 e. The van der Waals surface area contributed by atoms with Crippen LogP contribution in [0.1, 0.15) is 40.0 Å². The van der Waals surface area contributed by atoms with Gasteiger partial charge in [-0.3, -0.25) is 14.4 Å². The molecule has 276 valence electrons. The largest absolute Gasteiger partial charge is 0.481 e. The topological polar surface area (TPSA) is 207 Å². The van der Waals surface area contributed by atoms with Gasteiger partial charge in [-0.05, 0) is 20.8 Å². The lowest BCUT2D eigenvalue weighted by molar-refractivity contribution is -0.139. The van der Waals surface area contributed by atoms with E-state index >= 15 is 0 Å². The molecule has 2 amide bonds. The third-order valence-corrected chi connectivity index (χ3v) is 5.52. The first kappa shape index (κ1) is 44.4. The number of ether oxygens (including phenoxy) is 9. The number of carboxylic acids is 2. The van der Waals surface area contributed by atoms with Gasteiger partial charge in [-0.25, -0.2) is 4.79 Å². The van der Waals surface area contributed by atoms with Crippen LogP contribution in [0.25, 0.3) is 0 Å². The van der Waals surface area contributed by atoms with Gasteiger partial charge in [0.05, 0.1) is 119 Å². The lowest BCUT2D eigenvalue weighted by atomic mass is 10.2. The molecule has 0 saturated heterocycles. The van der Waals surface area contributed by atoms with Crippen LogP contribution < -0.4 is 5.32 Å². The summed E-state index contributed by atoms with van der Waals surface area (Å²) in [6.45, 7) is 11.1. The van der Waals surface area contributed by atoms with Crippen LogP contribution in [0.2, 0.25) is 0 Å². The van der Waals surface area contributed by atoms with E-state index in [2.05, 4.69) is 5.32 Å². The van der Waals surface area contributed by atoms with E-state index in [1.54, 1.807) is 25.7 Å². The molecule has 0 spiro atoms. The Balaban J connectivity index is 4.13. The fraction of sp³-hybridized carbons (Fsp3) is 0.867. The number of rotatable bonds is 33. The highest BCUT2D eigenvalue weighted by Gasteiger charge is 2.17. The van der Waals surface area contributed by atoms with Crippen molar-refractivity contribution in [2.45, 2.75) is 45.6 Å². The van der Waals surface area contributed by atoms with Crippen molar-refractivity contribution in [3.63, 3.8) is 0 Å². The Morgan fingerprint density at radius 3 is 1.15 bits per heavy atom. The Hall–Kier alpha value is -2.64. The second-order valence-corrected chi connectivity index (χ2v) is 10.7. The summed E-state index contributed by atoms with van der Waals surface area (Å²) in [5, 5.41) is 19.7. The zero-order chi connectivity index (χ0) is 35.0. The summed E-state index contributed by atoms with van der Waals surface area (Å²) in [4.78, 5) is 47.1. The quantitative estimate of drug-likeness (QED) is 0.0818. The van der Waals surface area contributed by atoms with E-state index in [0.29, 0.717) is 92.4 Å². The minimum atomic E-state index is -0.906. The van der Waals surface area contributed by atoms with Gasteiger partial charge in [0.2, 0.25) is 5.91 Å². The average molecular weight is 685 g/mol. The van der Waals surface area contributed by atoms with E-state index in [4.69, 9.17) is 52.8 Å². The summed E-state index contributed by atoms with van der Waals surface area (Å²) in [5.74, 6) is -1.98. The minimum absolute atomic E-state index is 0.0411. The van der Waals surface area contributed by atoms with Gasteiger partial charge in [-0.2, -0.15) is 0 Å². The summed E-state index contributed by atoms with van der Waals surface area (Å²) in [6, 6.07) is 0. The van der Waals surface area contributed by atoms with Crippen LogP contribution in [-0.4, -0.2) is 170 Å². The normalized spacial score (nSPS) is 11.4. The minimum Gasteiger partial charge on any atom is -0.481 e.